The Bertz CT molecular complexity index is 1480. The van der Waals surface area contributed by atoms with Crippen molar-refractivity contribution < 1.29 is 33.8 Å². The molecule has 45 heavy (non-hydrogen) atoms. The summed E-state index contributed by atoms with van der Waals surface area (Å²) < 4.78 is 4.96. The Morgan fingerprint density at radius 2 is 1.71 bits per heavy atom. The number of hydrogen-bond donors (Lipinski definition) is 4. The van der Waals surface area contributed by atoms with Gasteiger partial charge in [-0.15, -0.1) is 0 Å². The van der Waals surface area contributed by atoms with Gasteiger partial charge in [-0.1, -0.05) is 54.6 Å². The summed E-state index contributed by atoms with van der Waals surface area (Å²) in [4.78, 5) is 65.6. The van der Waals surface area contributed by atoms with Crippen molar-refractivity contribution in [3.63, 3.8) is 0 Å². The van der Waals surface area contributed by atoms with Crippen molar-refractivity contribution in [1.82, 2.24) is 20.4 Å². The largest absolute Gasteiger partial charge is 0.490 e. The van der Waals surface area contributed by atoms with Crippen LogP contribution in [0.4, 0.5) is 0 Å². The van der Waals surface area contributed by atoms with Crippen LogP contribution >= 0.6 is 0 Å². The summed E-state index contributed by atoms with van der Waals surface area (Å²) in [5, 5.41) is 15.8. The predicted molar refractivity (Wildman–Crippen MR) is 165 cm³/mol. The van der Waals surface area contributed by atoms with Crippen molar-refractivity contribution in [3.8, 4) is 0 Å². The third-order valence-electron chi connectivity index (χ3n) is 8.49. The summed E-state index contributed by atoms with van der Waals surface area (Å²) >= 11 is 0. The average Bonchev–Trinajstić information content (AvgIpc) is 3.16. The molecule has 2 heterocycles. The van der Waals surface area contributed by atoms with Crippen LogP contribution in [0.5, 0.6) is 0 Å². The number of aliphatic carboxylic acids is 1. The first-order chi connectivity index (χ1) is 21.7. The number of likely N-dealkylation sites (tertiary alicyclic amines) is 1. The van der Waals surface area contributed by atoms with E-state index in [1.165, 1.54) is 7.11 Å². The second-order valence-electron chi connectivity index (χ2n) is 11.4. The van der Waals surface area contributed by atoms with Gasteiger partial charge in [0.1, 0.15) is 17.2 Å². The highest BCUT2D eigenvalue weighted by molar-refractivity contribution is 5.88. The second kappa shape index (κ2) is 15.3. The van der Waals surface area contributed by atoms with Gasteiger partial charge in [0.25, 0.3) is 0 Å². The zero-order chi connectivity index (χ0) is 32.4. The fourth-order valence-corrected chi connectivity index (χ4v) is 5.91. The van der Waals surface area contributed by atoms with E-state index >= 15 is 0 Å². The number of carboxylic acid groups (broad SMARTS) is 1. The summed E-state index contributed by atoms with van der Waals surface area (Å²) in [7, 11) is 1.40. The van der Waals surface area contributed by atoms with Crippen LogP contribution in [0, 0.1) is 0 Å². The van der Waals surface area contributed by atoms with E-state index in [4.69, 9.17) is 10.5 Å². The third-order valence-corrected chi connectivity index (χ3v) is 8.49. The fourth-order valence-electron chi connectivity index (χ4n) is 5.91. The molecule has 1 saturated heterocycles. The molecule has 2 aliphatic rings. The number of carboxylic acids is 1. The lowest BCUT2D eigenvalue weighted by Gasteiger charge is -2.39. The molecule has 2 amide bonds. The van der Waals surface area contributed by atoms with Crippen molar-refractivity contribution in [2.45, 2.75) is 56.3 Å². The van der Waals surface area contributed by atoms with Gasteiger partial charge >= 0.3 is 5.97 Å². The van der Waals surface area contributed by atoms with Gasteiger partial charge < -0.3 is 36.0 Å². The molecular formula is C33H39N5O7. The molecule has 0 saturated carbocycles. The quantitative estimate of drug-likeness (QED) is 0.200. The molecule has 12 heteroatoms. The minimum Gasteiger partial charge on any atom is -0.490 e. The van der Waals surface area contributed by atoms with E-state index in [9.17, 15) is 29.1 Å². The predicted octanol–water partition coefficient (Wildman–Crippen LogP) is 1.12. The molecule has 2 aromatic rings. The number of piperidine rings is 1. The van der Waals surface area contributed by atoms with Crippen molar-refractivity contribution in [2.75, 3.05) is 33.3 Å². The van der Waals surface area contributed by atoms with E-state index in [-0.39, 0.29) is 37.3 Å². The Hall–Kier alpha value is -4.73. The molecule has 0 aromatic heterocycles. The molecule has 2 atom stereocenters. The van der Waals surface area contributed by atoms with E-state index in [0.29, 0.717) is 44.6 Å². The Morgan fingerprint density at radius 3 is 2.33 bits per heavy atom. The minimum atomic E-state index is -1.47. The highest BCUT2D eigenvalue weighted by Gasteiger charge is 2.43. The standard InChI is InChI=1S/C33H39N5O7/c1-45-26(21-39)11-14-37-15-12-33(13-16-37,32(43)44)36-30(41)18-28(23-7-3-2-4-8-23)35-31(42)20-38-19-25-10-6-5-9-24(25)17-27(34)29(38)22-40/h2-10,27-28H,11-20,34H2,1H3,(H,35,42)(H,36,41)(H,43,44). The van der Waals surface area contributed by atoms with Crippen LogP contribution in [0.3, 0.4) is 0 Å². The number of hydrogen-bond acceptors (Lipinski definition) is 9. The van der Waals surface area contributed by atoms with Gasteiger partial charge in [-0.05, 0) is 36.0 Å². The topological polar surface area (TPSA) is 171 Å². The van der Waals surface area contributed by atoms with Crippen LogP contribution in [0.25, 0.3) is 0 Å². The van der Waals surface area contributed by atoms with E-state index in [2.05, 4.69) is 10.6 Å². The van der Waals surface area contributed by atoms with Gasteiger partial charge in [-0.3, -0.25) is 9.59 Å². The smallest absolute Gasteiger partial charge is 0.329 e. The molecule has 2 aromatic carbocycles. The van der Waals surface area contributed by atoms with Crippen LogP contribution in [0.2, 0.25) is 0 Å². The summed E-state index contributed by atoms with van der Waals surface area (Å²) in [6, 6.07) is 15.2. The van der Waals surface area contributed by atoms with Crippen LogP contribution in [0.1, 0.15) is 48.4 Å². The molecule has 2 aliphatic heterocycles. The van der Waals surface area contributed by atoms with E-state index in [0.717, 1.165) is 11.1 Å². The fraction of sp³-hybridized carbons (Fsp3) is 0.424. The Morgan fingerprint density at radius 1 is 1.04 bits per heavy atom. The third kappa shape index (κ3) is 8.47. The minimum absolute atomic E-state index is 0.168. The molecule has 4 rings (SSSR count). The number of nitrogens with two attached hydrogens (primary N) is 1. The number of carbonyl (C=O) groups is 3. The van der Waals surface area contributed by atoms with Crippen molar-refractivity contribution in [1.29, 1.82) is 0 Å². The summed E-state index contributed by atoms with van der Waals surface area (Å²) in [6.07, 6.45) is 0.931. The molecule has 0 aliphatic carbocycles. The van der Waals surface area contributed by atoms with Gasteiger partial charge in [0.2, 0.25) is 11.8 Å². The first-order valence-electron chi connectivity index (χ1n) is 14.9. The number of rotatable bonds is 12. The van der Waals surface area contributed by atoms with E-state index in [1.807, 2.05) is 41.2 Å². The van der Waals surface area contributed by atoms with Crippen LogP contribution < -0.4 is 16.4 Å². The number of nitrogens with one attached hydrogen (secondary N) is 2. The Balaban J connectivity index is 1.44. The molecule has 0 radical (unpaired) electrons. The molecule has 2 unspecified atom stereocenters. The summed E-state index contributed by atoms with van der Waals surface area (Å²) in [5.74, 6) is 1.77. The van der Waals surface area contributed by atoms with Crippen molar-refractivity contribution >= 4 is 29.7 Å². The number of ether oxygens (including phenoxy) is 1. The highest BCUT2D eigenvalue weighted by Crippen LogP contribution is 2.26. The van der Waals surface area contributed by atoms with E-state index in [1.54, 1.807) is 35.1 Å². The van der Waals surface area contributed by atoms with Gasteiger partial charge in [-0.25, -0.2) is 14.4 Å². The molecule has 0 spiro atoms. The zero-order valence-corrected chi connectivity index (χ0v) is 25.3. The number of carbonyl (C=O) groups excluding carboxylic acids is 4. The lowest BCUT2D eigenvalue weighted by atomic mass is 9.87. The van der Waals surface area contributed by atoms with Gasteiger partial charge in [0.15, 0.2) is 11.7 Å². The Labute approximate surface area is 261 Å². The second-order valence-corrected chi connectivity index (χ2v) is 11.4. The van der Waals surface area contributed by atoms with Crippen LogP contribution in [0.15, 0.2) is 66.1 Å². The SMILES string of the molecule is COC(=C=O)CCN1CCC(NC(=O)CC(NC(=O)CN2Cc3ccccc3CC(N)C2=C=O)c2ccccc2)(C(=O)O)CC1. The highest BCUT2D eigenvalue weighted by atomic mass is 16.5. The van der Waals surface area contributed by atoms with Crippen LogP contribution in [-0.2, 0) is 41.7 Å². The molecule has 12 nitrogen and oxygen atoms in total. The monoisotopic (exact) mass is 617 g/mol. The molecule has 238 valence electrons. The molecule has 0 bridgehead atoms. The van der Waals surface area contributed by atoms with Gasteiger partial charge in [0.05, 0.1) is 32.2 Å². The lowest BCUT2D eigenvalue weighted by Crippen LogP contribution is -2.60. The zero-order valence-electron chi connectivity index (χ0n) is 25.3. The van der Waals surface area contributed by atoms with Crippen LogP contribution in [-0.4, -0.2) is 89.4 Å². The lowest BCUT2D eigenvalue weighted by molar-refractivity contribution is -0.150. The molecule has 1 fully saturated rings. The summed E-state index contributed by atoms with van der Waals surface area (Å²) in [6.45, 7) is 1.41. The summed E-state index contributed by atoms with van der Waals surface area (Å²) in [5.41, 5.74) is 7.65. The number of methoxy groups -OCH3 is 1. The van der Waals surface area contributed by atoms with E-state index < -0.39 is 35.4 Å². The van der Waals surface area contributed by atoms with Crippen molar-refractivity contribution in [2.24, 2.45) is 5.73 Å². The van der Waals surface area contributed by atoms with Gasteiger partial charge in [-0.2, -0.15) is 0 Å². The molecule has 5 N–H and O–H groups in total. The molecular weight excluding hydrogens is 578 g/mol. The first-order valence-corrected chi connectivity index (χ1v) is 14.9. The average molecular weight is 618 g/mol. The number of amides is 2. The number of benzene rings is 2. The number of fused-ring (bicyclic) bond motifs is 1. The van der Waals surface area contributed by atoms with Gasteiger partial charge in [0, 0.05) is 32.6 Å². The normalized spacial score (nSPS) is 18.3. The Kier molecular flexibility index (Phi) is 11.3. The van der Waals surface area contributed by atoms with Crippen molar-refractivity contribution in [3.05, 3.63) is 82.7 Å². The maximum atomic E-state index is 13.4. The number of nitrogens with zero attached hydrogens (tertiary/aromatic N) is 2. The first kappa shape index (κ1) is 33.2. The maximum absolute atomic E-state index is 13.4. The maximum Gasteiger partial charge on any atom is 0.329 e.